The van der Waals surface area contributed by atoms with Gasteiger partial charge in [0, 0.05) is 30.5 Å². The van der Waals surface area contributed by atoms with Crippen LogP contribution in [-0.4, -0.2) is 40.6 Å². The first-order valence-electron chi connectivity index (χ1n) is 8.80. The van der Waals surface area contributed by atoms with Crippen LogP contribution in [0.25, 0.3) is 11.3 Å². The number of aromatic nitrogens is 2. The molecule has 2 atom stereocenters. The molecule has 0 saturated heterocycles. The van der Waals surface area contributed by atoms with Crippen LogP contribution in [0.15, 0.2) is 22.9 Å². The predicted molar refractivity (Wildman–Crippen MR) is 91.5 cm³/mol. The maximum absolute atomic E-state index is 10.8. The van der Waals surface area contributed by atoms with Crippen molar-refractivity contribution in [2.45, 2.75) is 50.2 Å². The fourth-order valence-electron chi connectivity index (χ4n) is 3.45. The van der Waals surface area contributed by atoms with Crippen LogP contribution in [0.4, 0.5) is 4.79 Å². The third-order valence-electron chi connectivity index (χ3n) is 4.85. The summed E-state index contributed by atoms with van der Waals surface area (Å²) in [4.78, 5) is 15.5. The maximum Gasteiger partial charge on any atom is 0.404 e. The fraction of sp³-hybridized carbons (Fsp3) is 0.500. The molecule has 8 heteroatoms. The van der Waals surface area contributed by atoms with E-state index >= 15 is 0 Å². The summed E-state index contributed by atoms with van der Waals surface area (Å²) in [5.41, 5.74) is 1.60. The molecule has 0 bridgehead atoms. The number of carboxylic acid groups (broad SMARTS) is 1. The van der Waals surface area contributed by atoms with Gasteiger partial charge in [0.1, 0.15) is 17.4 Å². The molecule has 8 nitrogen and oxygen atoms in total. The Kier molecular flexibility index (Phi) is 4.40. The van der Waals surface area contributed by atoms with Crippen molar-refractivity contribution >= 4 is 6.09 Å². The molecule has 0 aliphatic heterocycles. The average molecular weight is 359 g/mol. The molecule has 2 saturated carbocycles. The highest BCUT2D eigenvalue weighted by molar-refractivity contribution is 5.71. The van der Waals surface area contributed by atoms with E-state index in [0.29, 0.717) is 35.3 Å². The van der Waals surface area contributed by atoms with Crippen molar-refractivity contribution in [1.82, 2.24) is 15.5 Å². The van der Waals surface area contributed by atoms with Gasteiger partial charge < -0.3 is 24.4 Å². The van der Waals surface area contributed by atoms with Gasteiger partial charge in [0.15, 0.2) is 5.76 Å². The van der Waals surface area contributed by atoms with Gasteiger partial charge in [-0.1, -0.05) is 5.16 Å². The van der Waals surface area contributed by atoms with E-state index in [-0.39, 0.29) is 12.1 Å². The Hall–Kier alpha value is -2.77. The summed E-state index contributed by atoms with van der Waals surface area (Å²) in [6, 6.07) is 3.61. The normalized spacial score (nSPS) is 22.2. The number of amides is 1. The predicted octanol–water partition coefficient (Wildman–Crippen LogP) is 3.19. The Labute approximate surface area is 150 Å². The summed E-state index contributed by atoms with van der Waals surface area (Å²) >= 11 is 0. The summed E-state index contributed by atoms with van der Waals surface area (Å²) in [6.45, 7) is 0. The second-order valence-electron chi connectivity index (χ2n) is 6.78. The maximum atomic E-state index is 10.8. The van der Waals surface area contributed by atoms with Crippen LogP contribution < -0.4 is 14.8 Å². The van der Waals surface area contributed by atoms with Gasteiger partial charge in [-0.25, -0.2) is 9.78 Å². The molecule has 2 aromatic heterocycles. The first-order valence-corrected chi connectivity index (χ1v) is 8.80. The molecule has 4 rings (SSSR count). The molecule has 26 heavy (non-hydrogen) atoms. The minimum atomic E-state index is -1.00. The second-order valence-corrected chi connectivity index (χ2v) is 6.78. The Bertz CT molecular complexity index is 788. The molecular formula is C18H21N3O5. The average Bonchev–Trinajstić information content (AvgIpc) is 3.15. The monoisotopic (exact) mass is 359 g/mol. The fourth-order valence-corrected chi connectivity index (χ4v) is 3.45. The lowest BCUT2D eigenvalue weighted by atomic mass is 10.1. The molecule has 0 spiro atoms. The summed E-state index contributed by atoms with van der Waals surface area (Å²) in [7, 11) is 1.57. The first-order chi connectivity index (χ1) is 12.6. The van der Waals surface area contributed by atoms with E-state index < -0.39 is 6.09 Å². The van der Waals surface area contributed by atoms with Gasteiger partial charge >= 0.3 is 6.09 Å². The van der Waals surface area contributed by atoms with E-state index in [1.807, 2.05) is 6.07 Å². The number of carbonyl (C=O) groups is 1. The zero-order chi connectivity index (χ0) is 18.1. The third-order valence-corrected chi connectivity index (χ3v) is 4.85. The van der Waals surface area contributed by atoms with Crippen molar-refractivity contribution in [3.8, 4) is 23.0 Å². The van der Waals surface area contributed by atoms with E-state index in [0.717, 1.165) is 31.4 Å². The minimum Gasteiger partial charge on any atom is -0.489 e. The molecule has 2 fully saturated rings. The Morgan fingerprint density at radius 1 is 1.35 bits per heavy atom. The molecule has 138 valence electrons. The van der Waals surface area contributed by atoms with Gasteiger partial charge in [-0.3, -0.25) is 0 Å². The van der Waals surface area contributed by atoms with E-state index in [9.17, 15) is 4.79 Å². The summed E-state index contributed by atoms with van der Waals surface area (Å²) < 4.78 is 17.1. The van der Waals surface area contributed by atoms with Crippen LogP contribution in [0.5, 0.6) is 11.6 Å². The molecule has 2 N–H and O–H groups in total. The first kappa shape index (κ1) is 16.7. The van der Waals surface area contributed by atoms with Gasteiger partial charge in [-0.15, -0.1) is 0 Å². The van der Waals surface area contributed by atoms with E-state index in [1.54, 1.807) is 19.4 Å². The van der Waals surface area contributed by atoms with E-state index in [2.05, 4.69) is 15.5 Å². The zero-order valence-electron chi connectivity index (χ0n) is 14.5. The Balaban J connectivity index is 1.63. The highest BCUT2D eigenvalue weighted by Crippen LogP contribution is 2.45. The Morgan fingerprint density at radius 2 is 2.19 bits per heavy atom. The molecule has 1 amide bonds. The van der Waals surface area contributed by atoms with E-state index in [4.69, 9.17) is 19.1 Å². The Morgan fingerprint density at radius 3 is 2.85 bits per heavy atom. The molecular weight excluding hydrogens is 338 g/mol. The lowest BCUT2D eigenvalue weighted by Gasteiger charge is -2.18. The number of nitrogens with one attached hydrogen (secondary N) is 1. The lowest BCUT2D eigenvalue weighted by Crippen LogP contribution is -2.32. The van der Waals surface area contributed by atoms with Crippen molar-refractivity contribution in [1.29, 1.82) is 0 Å². The summed E-state index contributed by atoms with van der Waals surface area (Å²) in [5, 5.41) is 15.2. The topological polar surface area (TPSA) is 107 Å². The number of methoxy groups -OCH3 is 1. The summed E-state index contributed by atoms with van der Waals surface area (Å²) in [6.07, 6.45) is 4.89. The second kappa shape index (κ2) is 6.86. The van der Waals surface area contributed by atoms with Crippen LogP contribution in [0.1, 0.15) is 43.7 Å². The van der Waals surface area contributed by atoms with Crippen molar-refractivity contribution in [2.24, 2.45) is 0 Å². The molecule has 0 unspecified atom stereocenters. The highest BCUT2D eigenvalue weighted by atomic mass is 16.5. The molecule has 2 aliphatic rings. The number of rotatable bonds is 6. The lowest BCUT2D eigenvalue weighted by molar-refractivity contribution is 0.185. The molecule has 2 aromatic rings. The highest BCUT2D eigenvalue weighted by Gasteiger charge is 2.32. The van der Waals surface area contributed by atoms with Crippen molar-refractivity contribution in [2.75, 3.05) is 7.11 Å². The SMILES string of the molecule is COc1nc(C2CC2)cc(O[C@@H]2CC[C@H](NC(=O)O)C2)c1-c1ccno1. The van der Waals surface area contributed by atoms with Gasteiger partial charge in [-0.05, 0) is 25.7 Å². The number of hydrogen-bond donors (Lipinski definition) is 2. The van der Waals surface area contributed by atoms with Crippen LogP contribution >= 0.6 is 0 Å². The summed E-state index contributed by atoms with van der Waals surface area (Å²) in [5.74, 6) is 2.08. The smallest absolute Gasteiger partial charge is 0.404 e. The van der Waals surface area contributed by atoms with Crippen LogP contribution in [0, 0.1) is 0 Å². The molecule has 0 aromatic carbocycles. The van der Waals surface area contributed by atoms with Gasteiger partial charge in [0.05, 0.1) is 19.0 Å². The number of nitrogens with zero attached hydrogens (tertiary/aromatic N) is 2. The largest absolute Gasteiger partial charge is 0.489 e. The molecule has 0 radical (unpaired) electrons. The minimum absolute atomic E-state index is 0.0762. The molecule has 2 aliphatic carbocycles. The zero-order valence-corrected chi connectivity index (χ0v) is 14.5. The standard InChI is InChI=1S/C18H21N3O5/c1-24-17-16(14-6-7-19-26-14)15(9-13(21-17)10-2-3-10)25-12-5-4-11(8-12)20-18(22)23/h6-7,9-12,20H,2-5,8H2,1H3,(H,22,23)/t11-,12+/m0/s1. The van der Waals surface area contributed by atoms with Crippen molar-refractivity contribution in [3.63, 3.8) is 0 Å². The van der Waals surface area contributed by atoms with E-state index in [1.165, 1.54) is 0 Å². The van der Waals surface area contributed by atoms with Crippen LogP contribution in [0.3, 0.4) is 0 Å². The third kappa shape index (κ3) is 3.44. The van der Waals surface area contributed by atoms with Gasteiger partial charge in [-0.2, -0.15) is 0 Å². The van der Waals surface area contributed by atoms with Crippen molar-refractivity contribution < 1.29 is 23.9 Å². The van der Waals surface area contributed by atoms with Crippen molar-refractivity contribution in [3.05, 3.63) is 24.0 Å². The van der Waals surface area contributed by atoms with Crippen LogP contribution in [0.2, 0.25) is 0 Å². The van der Waals surface area contributed by atoms with Gasteiger partial charge in [0.2, 0.25) is 5.88 Å². The quantitative estimate of drug-likeness (QED) is 0.815. The van der Waals surface area contributed by atoms with Gasteiger partial charge in [0.25, 0.3) is 0 Å². The van der Waals surface area contributed by atoms with Crippen LogP contribution in [-0.2, 0) is 0 Å². The molecule has 2 heterocycles. The number of ether oxygens (including phenoxy) is 2. The number of hydrogen-bond acceptors (Lipinski definition) is 6. The number of pyridine rings is 1.